The van der Waals surface area contributed by atoms with E-state index in [1.165, 1.54) is 30.2 Å². The van der Waals surface area contributed by atoms with Crippen molar-refractivity contribution in [3.8, 4) is 0 Å². The number of hydrogen-bond acceptors (Lipinski definition) is 4. The van der Waals surface area contributed by atoms with Gasteiger partial charge in [-0.15, -0.1) is 0 Å². The summed E-state index contributed by atoms with van der Waals surface area (Å²) in [6.07, 6.45) is 0.132. The Balaban J connectivity index is 2.73. The first-order valence-electron chi connectivity index (χ1n) is 5.64. The molecule has 0 aromatic carbocycles. The average molecular weight is 252 g/mol. The SMILES string of the molecule is CCN(CCC(=O)OC)C(=O)c1cccc(=O)[nH]1. The standard InChI is InChI=1S/C12H16N2O4/c1-3-14(8-7-11(16)18-2)12(17)9-5-4-6-10(15)13-9/h4-6H,3,7-8H2,1-2H3,(H,13,15). The monoisotopic (exact) mass is 252 g/mol. The zero-order valence-electron chi connectivity index (χ0n) is 10.4. The molecule has 0 aliphatic rings. The number of nitrogens with zero attached hydrogens (tertiary/aromatic N) is 1. The molecule has 98 valence electrons. The fraction of sp³-hybridized carbons (Fsp3) is 0.417. The van der Waals surface area contributed by atoms with E-state index in [-0.39, 0.29) is 36.1 Å². The second kappa shape index (κ2) is 6.58. The zero-order valence-corrected chi connectivity index (χ0v) is 10.4. The number of nitrogens with one attached hydrogen (secondary N) is 1. The summed E-state index contributed by atoms with van der Waals surface area (Å²) >= 11 is 0. The van der Waals surface area contributed by atoms with Gasteiger partial charge in [0.15, 0.2) is 0 Å². The molecule has 1 amide bonds. The number of amides is 1. The van der Waals surface area contributed by atoms with Crippen molar-refractivity contribution in [3.05, 3.63) is 34.2 Å². The number of H-pyrrole nitrogens is 1. The van der Waals surface area contributed by atoms with E-state index < -0.39 is 0 Å². The van der Waals surface area contributed by atoms with Gasteiger partial charge in [0.1, 0.15) is 5.69 Å². The van der Waals surface area contributed by atoms with Crippen molar-refractivity contribution in [1.29, 1.82) is 0 Å². The predicted octanol–water partition coefficient (Wildman–Crippen LogP) is 0.400. The third kappa shape index (κ3) is 3.73. The number of rotatable bonds is 5. The number of esters is 1. The summed E-state index contributed by atoms with van der Waals surface area (Å²) in [5, 5.41) is 0. The molecule has 0 fully saturated rings. The fourth-order valence-electron chi connectivity index (χ4n) is 1.47. The molecule has 1 aromatic rings. The van der Waals surface area contributed by atoms with Crippen molar-refractivity contribution >= 4 is 11.9 Å². The second-order valence-corrected chi connectivity index (χ2v) is 3.64. The zero-order chi connectivity index (χ0) is 13.5. The topological polar surface area (TPSA) is 79.5 Å². The van der Waals surface area contributed by atoms with Crippen LogP contribution in [0.2, 0.25) is 0 Å². The first-order valence-corrected chi connectivity index (χ1v) is 5.64. The molecule has 6 heteroatoms. The van der Waals surface area contributed by atoms with E-state index in [4.69, 9.17) is 0 Å². The van der Waals surface area contributed by atoms with Crippen molar-refractivity contribution < 1.29 is 14.3 Å². The molecule has 1 heterocycles. The van der Waals surface area contributed by atoms with Gasteiger partial charge in [-0.2, -0.15) is 0 Å². The van der Waals surface area contributed by atoms with Crippen LogP contribution in [0.25, 0.3) is 0 Å². The normalized spacial score (nSPS) is 9.89. The van der Waals surface area contributed by atoms with Crippen molar-refractivity contribution in [2.24, 2.45) is 0 Å². The van der Waals surface area contributed by atoms with Gasteiger partial charge in [0.2, 0.25) is 5.56 Å². The van der Waals surface area contributed by atoms with Gasteiger partial charge < -0.3 is 14.6 Å². The lowest BCUT2D eigenvalue weighted by atomic mass is 10.3. The summed E-state index contributed by atoms with van der Waals surface area (Å²) in [6.45, 7) is 2.52. The van der Waals surface area contributed by atoms with Gasteiger partial charge in [-0.3, -0.25) is 14.4 Å². The maximum atomic E-state index is 12.0. The summed E-state index contributed by atoms with van der Waals surface area (Å²) < 4.78 is 4.51. The third-order valence-electron chi connectivity index (χ3n) is 2.48. The van der Waals surface area contributed by atoms with Crippen molar-refractivity contribution in [2.45, 2.75) is 13.3 Å². The minimum Gasteiger partial charge on any atom is -0.469 e. The maximum absolute atomic E-state index is 12.0. The molecule has 0 radical (unpaired) electrons. The fourth-order valence-corrected chi connectivity index (χ4v) is 1.47. The lowest BCUT2D eigenvalue weighted by Gasteiger charge is -2.19. The molecule has 0 unspecified atom stereocenters. The maximum Gasteiger partial charge on any atom is 0.307 e. The number of ether oxygens (including phenoxy) is 1. The number of carbonyl (C=O) groups excluding carboxylic acids is 2. The first kappa shape index (κ1) is 14.0. The highest BCUT2D eigenvalue weighted by Gasteiger charge is 2.16. The Kier molecular flexibility index (Phi) is 5.10. The number of hydrogen-bond donors (Lipinski definition) is 1. The third-order valence-corrected chi connectivity index (χ3v) is 2.48. The summed E-state index contributed by atoms with van der Waals surface area (Å²) in [5.74, 6) is -0.679. The molecule has 0 atom stereocenters. The number of methoxy groups -OCH3 is 1. The Bertz CT molecular complexity index is 481. The molecule has 0 saturated heterocycles. The Hall–Kier alpha value is -2.11. The van der Waals surface area contributed by atoms with Crippen LogP contribution >= 0.6 is 0 Å². The number of aromatic nitrogens is 1. The summed E-state index contributed by atoms with van der Waals surface area (Å²) in [5.41, 5.74) is -0.112. The number of aromatic amines is 1. The minimum atomic E-state index is -0.372. The molecule has 0 aliphatic heterocycles. The van der Waals surface area contributed by atoms with E-state index in [0.717, 1.165) is 0 Å². The van der Waals surface area contributed by atoms with Crippen molar-refractivity contribution in [1.82, 2.24) is 9.88 Å². The van der Waals surface area contributed by atoms with Gasteiger partial charge in [-0.05, 0) is 13.0 Å². The minimum absolute atomic E-state index is 0.132. The largest absolute Gasteiger partial charge is 0.469 e. The van der Waals surface area contributed by atoms with E-state index in [1.54, 1.807) is 6.92 Å². The Labute approximate surface area is 105 Å². The van der Waals surface area contributed by atoms with Crippen molar-refractivity contribution in [3.63, 3.8) is 0 Å². The highest BCUT2D eigenvalue weighted by atomic mass is 16.5. The van der Waals surface area contributed by atoms with Crippen LogP contribution in [0.5, 0.6) is 0 Å². The van der Waals surface area contributed by atoms with Crippen LogP contribution in [0, 0.1) is 0 Å². The lowest BCUT2D eigenvalue weighted by molar-refractivity contribution is -0.140. The van der Waals surface area contributed by atoms with Crippen LogP contribution in [0.1, 0.15) is 23.8 Å². The van der Waals surface area contributed by atoms with Crippen LogP contribution in [0.4, 0.5) is 0 Å². The predicted molar refractivity (Wildman–Crippen MR) is 65.3 cm³/mol. The molecule has 6 nitrogen and oxygen atoms in total. The van der Waals surface area contributed by atoms with Gasteiger partial charge >= 0.3 is 5.97 Å². The summed E-state index contributed by atoms with van der Waals surface area (Å²) in [7, 11) is 1.30. The molecule has 0 saturated carbocycles. The molecule has 1 rings (SSSR count). The summed E-state index contributed by atoms with van der Waals surface area (Å²) in [4.78, 5) is 38.1. The number of pyridine rings is 1. The van der Waals surface area contributed by atoms with Gasteiger partial charge in [0.05, 0.1) is 13.5 Å². The Morgan fingerprint density at radius 3 is 2.67 bits per heavy atom. The van der Waals surface area contributed by atoms with Crippen LogP contribution in [0.15, 0.2) is 23.0 Å². The molecule has 1 N–H and O–H groups in total. The smallest absolute Gasteiger partial charge is 0.307 e. The van der Waals surface area contributed by atoms with E-state index in [0.29, 0.717) is 6.54 Å². The molecular formula is C12H16N2O4. The molecule has 1 aromatic heterocycles. The van der Waals surface area contributed by atoms with Gasteiger partial charge in [-0.25, -0.2) is 0 Å². The molecule has 18 heavy (non-hydrogen) atoms. The average Bonchev–Trinajstić information content (AvgIpc) is 2.38. The van der Waals surface area contributed by atoms with E-state index >= 15 is 0 Å². The lowest BCUT2D eigenvalue weighted by Crippen LogP contribution is -2.34. The highest BCUT2D eigenvalue weighted by Crippen LogP contribution is 2.01. The first-order chi connectivity index (χ1) is 8.58. The van der Waals surface area contributed by atoms with E-state index in [1.807, 2.05) is 0 Å². The van der Waals surface area contributed by atoms with Gasteiger partial charge in [0, 0.05) is 19.2 Å². The van der Waals surface area contributed by atoms with E-state index in [9.17, 15) is 14.4 Å². The van der Waals surface area contributed by atoms with Crippen molar-refractivity contribution in [2.75, 3.05) is 20.2 Å². The van der Waals surface area contributed by atoms with Crippen LogP contribution in [0.3, 0.4) is 0 Å². The Morgan fingerprint density at radius 1 is 1.39 bits per heavy atom. The van der Waals surface area contributed by atoms with Gasteiger partial charge in [0.25, 0.3) is 5.91 Å². The second-order valence-electron chi connectivity index (χ2n) is 3.64. The molecule has 0 aliphatic carbocycles. The quantitative estimate of drug-likeness (QED) is 0.769. The molecule has 0 spiro atoms. The Morgan fingerprint density at radius 2 is 2.11 bits per heavy atom. The molecule has 0 bridgehead atoms. The van der Waals surface area contributed by atoms with Crippen LogP contribution < -0.4 is 5.56 Å². The number of carbonyl (C=O) groups is 2. The van der Waals surface area contributed by atoms with E-state index in [2.05, 4.69) is 9.72 Å². The van der Waals surface area contributed by atoms with Crippen LogP contribution in [-0.4, -0.2) is 42.0 Å². The summed E-state index contributed by atoms with van der Waals surface area (Å²) in [6, 6.07) is 4.38. The van der Waals surface area contributed by atoms with Crippen LogP contribution in [-0.2, 0) is 9.53 Å². The molecular weight excluding hydrogens is 236 g/mol. The highest BCUT2D eigenvalue weighted by molar-refractivity contribution is 5.92. The van der Waals surface area contributed by atoms with Gasteiger partial charge in [-0.1, -0.05) is 6.07 Å².